The van der Waals surface area contributed by atoms with Crippen LogP contribution in [0.3, 0.4) is 0 Å². The Morgan fingerprint density at radius 2 is 2.40 bits per heavy atom. The maximum atomic E-state index is 11.7. The highest BCUT2D eigenvalue weighted by Crippen LogP contribution is 2.25. The Labute approximate surface area is 89.5 Å². The third-order valence-electron chi connectivity index (χ3n) is 3.03. The normalized spacial score (nSPS) is 16.1. The molecule has 0 aliphatic heterocycles. The van der Waals surface area contributed by atoms with Gasteiger partial charge < -0.3 is 15.6 Å². The minimum Gasteiger partial charge on any atom is -0.397 e. The number of aromatic nitrogens is 1. The molecule has 1 fully saturated rings. The van der Waals surface area contributed by atoms with Crippen molar-refractivity contribution in [2.24, 2.45) is 13.0 Å². The molecule has 0 aromatic carbocycles. The average Bonchev–Trinajstić information content (AvgIpc) is 2.42. The summed E-state index contributed by atoms with van der Waals surface area (Å²) in [6, 6.07) is 1.70. The third-order valence-corrected chi connectivity index (χ3v) is 3.03. The molecule has 0 saturated heterocycles. The number of hydrogen-bond donors (Lipinski definition) is 2. The number of hydrogen-bond acceptors (Lipinski definition) is 2. The lowest BCUT2D eigenvalue weighted by Gasteiger charge is -2.25. The summed E-state index contributed by atoms with van der Waals surface area (Å²) in [6.45, 7) is 0.796. The number of amides is 1. The lowest BCUT2D eigenvalue weighted by Crippen LogP contribution is -2.33. The highest BCUT2D eigenvalue weighted by molar-refractivity contribution is 5.93. The van der Waals surface area contributed by atoms with Crippen LogP contribution < -0.4 is 11.1 Å². The molecule has 0 spiro atoms. The second-order valence-electron chi connectivity index (χ2n) is 4.28. The first kappa shape index (κ1) is 10.1. The Kier molecular flexibility index (Phi) is 2.66. The van der Waals surface area contributed by atoms with Gasteiger partial charge >= 0.3 is 0 Å². The van der Waals surface area contributed by atoms with Crippen LogP contribution in [0.5, 0.6) is 0 Å². The highest BCUT2D eigenvalue weighted by Gasteiger charge is 2.19. The number of nitrogens with zero attached hydrogens (tertiary/aromatic N) is 1. The van der Waals surface area contributed by atoms with E-state index in [0.717, 1.165) is 6.54 Å². The zero-order valence-corrected chi connectivity index (χ0v) is 8.99. The first-order valence-electron chi connectivity index (χ1n) is 5.37. The van der Waals surface area contributed by atoms with Gasteiger partial charge in [0.05, 0.1) is 5.69 Å². The van der Waals surface area contributed by atoms with Crippen molar-refractivity contribution in [1.29, 1.82) is 0 Å². The first-order chi connectivity index (χ1) is 7.16. The van der Waals surface area contributed by atoms with Gasteiger partial charge in [0.2, 0.25) is 0 Å². The number of rotatable bonds is 3. The Morgan fingerprint density at radius 3 is 2.87 bits per heavy atom. The molecule has 4 nitrogen and oxygen atoms in total. The Bertz CT molecular complexity index is 366. The molecule has 0 bridgehead atoms. The maximum absolute atomic E-state index is 11.7. The van der Waals surface area contributed by atoms with E-state index in [0.29, 0.717) is 17.3 Å². The van der Waals surface area contributed by atoms with Gasteiger partial charge in [-0.25, -0.2) is 0 Å². The molecule has 1 aromatic rings. The van der Waals surface area contributed by atoms with Crippen molar-refractivity contribution in [3.05, 3.63) is 18.0 Å². The van der Waals surface area contributed by atoms with Gasteiger partial charge in [-0.15, -0.1) is 0 Å². The van der Waals surface area contributed by atoms with Gasteiger partial charge in [0.25, 0.3) is 5.91 Å². The summed E-state index contributed by atoms with van der Waals surface area (Å²) < 4.78 is 1.76. The number of nitrogen functional groups attached to an aromatic ring is 1. The summed E-state index contributed by atoms with van der Waals surface area (Å²) in [7, 11) is 1.83. The Balaban J connectivity index is 1.92. The van der Waals surface area contributed by atoms with Crippen molar-refractivity contribution in [2.75, 3.05) is 12.3 Å². The molecule has 0 radical (unpaired) electrons. The van der Waals surface area contributed by atoms with Crippen molar-refractivity contribution < 1.29 is 4.79 Å². The average molecular weight is 207 g/mol. The van der Waals surface area contributed by atoms with E-state index in [1.165, 1.54) is 19.3 Å². The van der Waals surface area contributed by atoms with Crippen LogP contribution in [-0.4, -0.2) is 17.0 Å². The minimum absolute atomic E-state index is 0.0268. The molecule has 2 rings (SSSR count). The molecule has 0 atom stereocenters. The summed E-state index contributed by atoms with van der Waals surface area (Å²) in [6.07, 6.45) is 5.54. The number of nitrogens with two attached hydrogens (primary N) is 1. The molecule has 3 N–H and O–H groups in total. The smallest absolute Gasteiger partial charge is 0.267 e. The standard InChI is InChI=1S/C11H17N3O/c1-14-7-9(12)5-10(14)11(15)13-6-8-3-2-4-8/h5,7-8H,2-4,6,12H2,1H3,(H,13,15). The van der Waals surface area contributed by atoms with E-state index in [1.54, 1.807) is 16.8 Å². The SMILES string of the molecule is Cn1cc(N)cc1C(=O)NCC1CCC1. The molecule has 1 saturated carbocycles. The van der Waals surface area contributed by atoms with Gasteiger partial charge in [-0.2, -0.15) is 0 Å². The van der Waals surface area contributed by atoms with E-state index in [2.05, 4.69) is 5.32 Å². The first-order valence-corrected chi connectivity index (χ1v) is 5.37. The fourth-order valence-electron chi connectivity index (χ4n) is 1.84. The molecular formula is C11H17N3O. The van der Waals surface area contributed by atoms with Crippen LogP contribution in [0.25, 0.3) is 0 Å². The highest BCUT2D eigenvalue weighted by atomic mass is 16.1. The molecule has 1 heterocycles. The number of aryl methyl sites for hydroxylation is 1. The van der Waals surface area contributed by atoms with E-state index in [-0.39, 0.29) is 5.91 Å². The van der Waals surface area contributed by atoms with Crippen molar-refractivity contribution in [1.82, 2.24) is 9.88 Å². The second-order valence-corrected chi connectivity index (χ2v) is 4.28. The van der Waals surface area contributed by atoms with E-state index < -0.39 is 0 Å². The molecule has 1 aliphatic carbocycles. The summed E-state index contributed by atoms with van der Waals surface area (Å²) in [5.74, 6) is 0.660. The second kappa shape index (κ2) is 3.96. The van der Waals surface area contributed by atoms with Gasteiger partial charge in [0.1, 0.15) is 5.69 Å². The molecule has 4 heteroatoms. The van der Waals surface area contributed by atoms with Crippen LogP contribution in [0.15, 0.2) is 12.3 Å². The lowest BCUT2D eigenvalue weighted by molar-refractivity contribution is 0.0931. The monoisotopic (exact) mass is 207 g/mol. The zero-order chi connectivity index (χ0) is 10.8. The zero-order valence-electron chi connectivity index (χ0n) is 8.99. The predicted octanol–water partition coefficient (Wildman–Crippen LogP) is 1.14. The van der Waals surface area contributed by atoms with Crippen molar-refractivity contribution >= 4 is 11.6 Å². The van der Waals surface area contributed by atoms with Crippen LogP contribution >= 0.6 is 0 Å². The fourth-order valence-corrected chi connectivity index (χ4v) is 1.84. The van der Waals surface area contributed by atoms with E-state index in [9.17, 15) is 4.79 Å². The van der Waals surface area contributed by atoms with Gasteiger partial charge in [-0.05, 0) is 24.8 Å². The predicted molar refractivity (Wildman–Crippen MR) is 59.5 cm³/mol. The van der Waals surface area contributed by atoms with E-state index >= 15 is 0 Å². The molecule has 15 heavy (non-hydrogen) atoms. The molecule has 1 aromatic heterocycles. The van der Waals surface area contributed by atoms with Crippen LogP contribution in [0.2, 0.25) is 0 Å². The van der Waals surface area contributed by atoms with Crippen molar-refractivity contribution in [2.45, 2.75) is 19.3 Å². The van der Waals surface area contributed by atoms with Crippen molar-refractivity contribution in [3.63, 3.8) is 0 Å². The van der Waals surface area contributed by atoms with Crippen LogP contribution in [-0.2, 0) is 7.05 Å². The van der Waals surface area contributed by atoms with E-state index in [1.807, 2.05) is 7.05 Å². The number of nitrogens with one attached hydrogen (secondary N) is 1. The third kappa shape index (κ3) is 2.14. The summed E-state index contributed by atoms with van der Waals surface area (Å²) in [4.78, 5) is 11.7. The molecule has 1 amide bonds. The van der Waals surface area contributed by atoms with Crippen LogP contribution in [0, 0.1) is 5.92 Å². The van der Waals surface area contributed by atoms with Gasteiger partial charge in [-0.1, -0.05) is 6.42 Å². The van der Waals surface area contributed by atoms with Crippen LogP contribution in [0.4, 0.5) is 5.69 Å². The molecule has 82 valence electrons. The Hall–Kier alpha value is -1.45. The van der Waals surface area contributed by atoms with E-state index in [4.69, 9.17) is 5.73 Å². The fraction of sp³-hybridized carbons (Fsp3) is 0.545. The minimum atomic E-state index is -0.0268. The largest absolute Gasteiger partial charge is 0.397 e. The van der Waals surface area contributed by atoms with Gasteiger partial charge in [0.15, 0.2) is 0 Å². The summed E-state index contributed by atoms with van der Waals surface area (Å²) >= 11 is 0. The molecular weight excluding hydrogens is 190 g/mol. The Morgan fingerprint density at radius 1 is 1.67 bits per heavy atom. The summed E-state index contributed by atoms with van der Waals surface area (Å²) in [5, 5.41) is 2.94. The van der Waals surface area contributed by atoms with Crippen molar-refractivity contribution in [3.8, 4) is 0 Å². The topological polar surface area (TPSA) is 60.0 Å². The lowest BCUT2D eigenvalue weighted by atomic mass is 9.85. The number of carbonyl (C=O) groups is 1. The maximum Gasteiger partial charge on any atom is 0.267 e. The van der Waals surface area contributed by atoms with Gasteiger partial charge in [0, 0.05) is 19.8 Å². The summed E-state index contributed by atoms with van der Waals surface area (Å²) in [5.41, 5.74) is 6.87. The van der Waals surface area contributed by atoms with Gasteiger partial charge in [-0.3, -0.25) is 4.79 Å². The molecule has 0 unspecified atom stereocenters. The quantitative estimate of drug-likeness (QED) is 0.780. The number of anilines is 1. The van der Waals surface area contributed by atoms with Crippen LogP contribution in [0.1, 0.15) is 29.8 Å². The number of carbonyl (C=O) groups excluding carboxylic acids is 1. The molecule has 1 aliphatic rings.